The van der Waals surface area contributed by atoms with Crippen molar-refractivity contribution in [1.29, 1.82) is 0 Å². The molecule has 0 saturated carbocycles. The molecule has 27 heavy (non-hydrogen) atoms. The average molecular weight is 407 g/mol. The molecule has 1 amide bonds. The molecule has 2 saturated heterocycles. The largest absolute Gasteiger partial charge is 0.416 e. The first-order valence-electron chi connectivity index (χ1n) is 8.39. The highest BCUT2D eigenvalue weighted by Gasteiger charge is 2.44. The highest BCUT2D eigenvalue weighted by molar-refractivity contribution is 7.91. The fourth-order valence-electron chi connectivity index (χ4n) is 3.14. The minimum atomic E-state index is -4.51. The summed E-state index contributed by atoms with van der Waals surface area (Å²) in [6.45, 7) is -0.278. The highest BCUT2D eigenvalue weighted by Crippen LogP contribution is 2.31. The molecule has 3 rings (SSSR count). The van der Waals surface area contributed by atoms with Crippen LogP contribution < -0.4 is 10.6 Å². The molecule has 0 spiro atoms. The van der Waals surface area contributed by atoms with Gasteiger partial charge in [0.25, 0.3) is 5.91 Å². The third-order valence-electron chi connectivity index (χ3n) is 4.66. The number of amides is 1. The number of sulfone groups is 1. The molecule has 0 aliphatic carbocycles. The Kier molecular flexibility index (Phi) is 5.26. The van der Waals surface area contributed by atoms with Gasteiger partial charge in [0.1, 0.15) is 0 Å². The Morgan fingerprint density at radius 2 is 1.85 bits per heavy atom. The standard InChI is InChI=1S/C16H20F3N3O4S/c17-16(18,19)14-10-22(3-6-26-14)13-9-11(20)1-2-12(13)15(23)21-4-7-27(24,25)8-5-21/h1-2,9,14H,3-8,10,20H2. The molecule has 1 aromatic rings. The summed E-state index contributed by atoms with van der Waals surface area (Å²) in [4.78, 5) is 15.7. The van der Waals surface area contributed by atoms with E-state index in [4.69, 9.17) is 10.5 Å². The number of hydrogen-bond donors (Lipinski definition) is 1. The first-order valence-corrected chi connectivity index (χ1v) is 10.2. The van der Waals surface area contributed by atoms with Crippen LogP contribution in [0.4, 0.5) is 24.5 Å². The molecule has 2 aliphatic heterocycles. The highest BCUT2D eigenvalue weighted by atomic mass is 32.2. The van der Waals surface area contributed by atoms with Gasteiger partial charge in [0, 0.05) is 25.3 Å². The lowest BCUT2D eigenvalue weighted by atomic mass is 10.1. The Morgan fingerprint density at radius 3 is 2.48 bits per heavy atom. The maximum Gasteiger partial charge on any atom is 0.416 e. The predicted octanol–water partition coefficient (Wildman–Crippen LogP) is 0.907. The summed E-state index contributed by atoms with van der Waals surface area (Å²) >= 11 is 0. The van der Waals surface area contributed by atoms with E-state index < -0.39 is 34.6 Å². The van der Waals surface area contributed by atoms with Crippen LogP contribution in [-0.4, -0.2) is 75.8 Å². The zero-order chi connectivity index (χ0) is 19.8. The number of carbonyl (C=O) groups is 1. The summed E-state index contributed by atoms with van der Waals surface area (Å²) in [7, 11) is -3.16. The van der Waals surface area contributed by atoms with E-state index in [1.807, 2.05) is 0 Å². The van der Waals surface area contributed by atoms with E-state index in [0.717, 1.165) is 0 Å². The second-order valence-corrected chi connectivity index (χ2v) is 8.87. The van der Waals surface area contributed by atoms with Crippen LogP contribution in [0, 0.1) is 0 Å². The number of alkyl halides is 3. The quantitative estimate of drug-likeness (QED) is 0.733. The molecular weight excluding hydrogens is 387 g/mol. The summed E-state index contributed by atoms with van der Waals surface area (Å²) < 4.78 is 67.0. The van der Waals surface area contributed by atoms with Crippen molar-refractivity contribution in [2.24, 2.45) is 0 Å². The van der Waals surface area contributed by atoms with E-state index in [1.54, 1.807) is 0 Å². The molecular formula is C16H20F3N3O4S. The van der Waals surface area contributed by atoms with Crippen molar-refractivity contribution in [2.45, 2.75) is 12.3 Å². The van der Waals surface area contributed by atoms with Crippen molar-refractivity contribution in [1.82, 2.24) is 4.90 Å². The SMILES string of the molecule is Nc1ccc(C(=O)N2CCS(=O)(=O)CC2)c(N2CCOC(C(F)(F)F)C2)c1. The fourth-order valence-corrected chi connectivity index (χ4v) is 4.34. The first kappa shape index (κ1) is 19.7. The van der Waals surface area contributed by atoms with E-state index in [1.165, 1.54) is 28.0 Å². The minimum absolute atomic E-state index is 0.0548. The smallest absolute Gasteiger partial charge is 0.399 e. The number of morpholine rings is 1. The summed E-state index contributed by atoms with van der Waals surface area (Å²) in [6, 6.07) is 4.43. The number of benzene rings is 1. The van der Waals surface area contributed by atoms with E-state index in [2.05, 4.69) is 0 Å². The molecule has 2 N–H and O–H groups in total. The van der Waals surface area contributed by atoms with Gasteiger partial charge in [-0.05, 0) is 18.2 Å². The Morgan fingerprint density at radius 1 is 1.19 bits per heavy atom. The summed E-state index contributed by atoms with van der Waals surface area (Å²) in [5.41, 5.74) is 6.60. The number of carbonyl (C=O) groups excluding carboxylic acids is 1. The predicted molar refractivity (Wildman–Crippen MR) is 93.4 cm³/mol. The summed E-state index contributed by atoms with van der Waals surface area (Å²) in [5, 5.41) is 0. The Hall–Kier alpha value is -2.01. The normalized spacial score (nSPS) is 23.3. The molecule has 7 nitrogen and oxygen atoms in total. The van der Waals surface area contributed by atoms with Gasteiger partial charge in [-0.15, -0.1) is 0 Å². The fraction of sp³-hybridized carbons (Fsp3) is 0.562. The van der Waals surface area contributed by atoms with E-state index in [-0.39, 0.29) is 43.3 Å². The third kappa shape index (κ3) is 4.46. The van der Waals surface area contributed by atoms with Crippen molar-refractivity contribution < 1.29 is 31.1 Å². The second kappa shape index (κ2) is 7.19. The van der Waals surface area contributed by atoms with Crippen LogP contribution in [0.1, 0.15) is 10.4 Å². The first-order chi connectivity index (χ1) is 12.6. The lowest BCUT2D eigenvalue weighted by Gasteiger charge is -2.37. The monoisotopic (exact) mass is 407 g/mol. The molecule has 1 atom stereocenters. The van der Waals surface area contributed by atoms with Crippen LogP contribution in [0.25, 0.3) is 0 Å². The van der Waals surface area contributed by atoms with E-state index >= 15 is 0 Å². The molecule has 2 heterocycles. The van der Waals surface area contributed by atoms with Crippen LogP contribution in [0.5, 0.6) is 0 Å². The number of nitrogens with zero attached hydrogens (tertiary/aromatic N) is 2. The minimum Gasteiger partial charge on any atom is -0.399 e. The van der Waals surface area contributed by atoms with Crippen LogP contribution in [0.3, 0.4) is 0 Å². The van der Waals surface area contributed by atoms with Gasteiger partial charge in [-0.3, -0.25) is 4.79 Å². The molecule has 2 fully saturated rings. The average Bonchev–Trinajstić information content (AvgIpc) is 2.60. The maximum absolute atomic E-state index is 13.0. The maximum atomic E-state index is 13.0. The Balaban J connectivity index is 1.86. The summed E-state index contributed by atoms with van der Waals surface area (Å²) in [6.07, 6.45) is -6.46. The van der Waals surface area contributed by atoms with Gasteiger partial charge in [-0.2, -0.15) is 13.2 Å². The van der Waals surface area contributed by atoms with Gasteiger partial charge in [0.15, 0.2) is 15.9 Å². The van der Waals surface area contributed by atoms with Crippen LogP contribution in [0.15, 0.2) is 18.2 Å². The zero-order valence-electron chi connectivity index (χ0n) is 14.4. The second-order valence-electron chi connectivity index (χ2n) is 6.57. The Labute approximate surface area is 154 Å². The van der Waals surface area contributed by atoms with Crippen LogP contribution in [0.2, 0.25) is 0 Å². The van der Waals surface area contributed by atoms with Gasteiger partial charge in [0.05, 0.1) is 35.9 Å². The van der Waals surface area contributed by atoms with Crippen LogP contribution in [-0.2, 0) is 14.6 Å². The number of nitrogens with two attached hydrogens (primary N) is 1. The number of anilines is 2. The lowest BCUT2D eigenvalue weighted by Crippen LogP contribution is -2.50. The number of ether oxygens (including phenoxy) is 1. The van der Waals surface area contributed by atoms with Crippen molar-refractivity contribution in [2.75, 3.05) is 54.9 Å². The van der Waals surface area contributed by atoms with Crippen molar-refractivity contribution >= 4 is 27.1 Å². The third-order valence-corrected chi connectivity index (χ3v) is 6.27. The number of halogens is 3. The molecule has 1 aromatic carbocycles. The van der Waals surface area contributed by atoms with Gasteiger partial charge < -0.3 is 20.3 Å². The molecule has 0 radical (unpaired) electrons. The van der Waals surface area contributed by atoms with Crippen LogP contribution >= 0.6 is 0 Å². The molecule has 0 aromatic heterocycles. The zero-order valence-corrected chi connectivity index (χ0v) is 15.2. The Bertz CT molecular complexity index is 815. The molecule has 0 bridgehead atoms. The molecule has 2 aliphatic rings. The molecule has 150 valence electrons. The van der Waals surface area contributed by atoms with Gasteiger partial charge in [-0.25, -0.2) is 8.42 Å². The van der Waals surface area contributed by atoms with Gasteiger partial charge >= 0.3 is 6.18 Å². The van der Waals surface area contributed by atoms with Crippen molar-refractivity contribution in [3.05, 3.63) is 23.8 Å². The van der Waals surface area contributed by atoms with Crippen molar-refractivity contribution in [3.8, 4) is 0 Å². The van der Waals surface area contributed by atoms with E-state index in [0.29, 0.717) is 11.4 Å². The van der Waals surface area contributed by atoms with Gasteiger partial charge in [-0.1, -0.05) is 0 Å². The summed E-state index contributed by atoms with van der Waals surface area (Å²) in [5.74, 6) is -0.678. The molecule has 11 heteroatoms. The number of nitrogen functional groups attached to an aromatic ring is 1. The van der Waals surface area contributed by atoms with Crippen molar-refractivity contribution in [3.63, 3.8) is 0 Å². The van der Waals surface area contributed by atoms with E-state index in [9.17, 15) is 26.4 Å². The van der Waals surface area contributed by atoms with Gasteiger partial charge in [0.2, 0.25) is 0 Å². The topological polar surface area (TPSA) is 92.9 Å². The molecule has 1 unspecified atom stereocenters. The number of rotatable bonds is 2. The number of hydrogen-bond acceptors (Lipinski definition) is 6. The lowest BCUT2D eigenvalue weighted by molar-refractivity contribution is -0.221.